The number of halogens is 4. The van der Waals surface area contributed by atoms with E-state index in [4.69, 9.17) is 11.6 Å². The number of amides is 1. The molecule has 3 aromatic rings. The Morgan fingerprint density at radius 2 is 1.94 bits per heavy atom. The maximum atomic E-state index is 14.1. The van der Waals surface area contributed by atoms with E-state index in [1.807, 2.05) is 4.90 Å². The van der Waals surface area contributed by atoms with Gasteiger partial charge in [0.05, 0.1) is 17.6 Å². The molecule has 11 heteroatoms. The van der Waals surface area contributed by atoms with Crippen molar-refractivity contribution in [3.05, 3.63) is 52.9 Å². The van der Waals surface area contributed by atoms with Crippen LogP contribution < -0.4 is 10.2 Å². The lowest BCUT2D eigenvalue weighted by Gasteiger charge is -2.35. The minimum Gasteiger partial charge on any atom is -0.339 e. The lowest BCUT2D eigenvalue weighted by atomic mass is 9.95. The predicted octanol–water partition coefficient (Wildman–Crippen LogP) is 4.53. The summed E-state index contributed by atoms with van der Waals surface area (Å²) in [6, 6.07) is 5.96. The summed E-state index contributed by atoms with van der Waals surface area (Å²) in [7, 11) is 1.25. The summed E-state index contributed by atoms with van der Waals surface area (Å²) >= 11 is 6.05. The Labute approximate surface area is 205 Å². The molecule has 1 amide bonds. The molecule has 35 heavy (non-hydrogen) atoms. The highest BCUT2D eigenvalue weighted by molar-refractivity contribution is 6.29. The zero-order valence-electron chi connectivity index (χ0n) is 19.2. The lowest BCUT2D eigenvalue weighted by molar-refractivity contribution is -0.190. The molecule has 1 N–H and O–H groups in total. The molecule has 186 valence electrons. The first-order valence-corrected chi connectivity index (χ1v) is 12.1. The van der Waals surface area contributed by atoms with Gasteiger partial charge in [0.25, 0.3) is 0 Å². The Bertz CT molecular complexity index is 1220. The molecule has 2 aliphatic heterocycles. The number of piperidine rings is 1. The largest absolute Gasteiger partial charge is 0.413 e. The third-order valence-electron chi connectivity index (χ3n) is 6.87. The number of hydrogen-bond donors (Lipinski definition) is 1. The molecular formula is C24H26ClF3N6O. The second-order valence-electron chi connectivity index (χ2n) is 9.09. The molecule has 0 saturated carbocycles. The minimum atomic E-state index is -4.59. The van der Waals surface area contributed by atoms with E-state index in [0.717, 1.165) is 34.8 Å². The number of nitrogens with zero attached hydrogens (tertiary/aromatic N) is 5. The molecule has 4 heterocycles. The van der Waals surface area contributed by atoms with Gasteiger partial charge in [0.1, 0.15) is 0 Å². The number of anilines is 2. The molecule has 0 radical (unpaired) electrons. The van der Waals surface area contributed by atoms with Crippen molar-refractivity contribution in [1.82, 2.24) is 24.8 Å². The van der Waals surface area contributed by atoms with Gasteiger partial charge in [-0.3, -0.25) is 4.79 Å². The first-order chi connectivity index (χ1) is 16.7. The molecular weight excluding hydrogens is 481 g/mol. The van der Waals surface area contributed by atoms with Crippen molar-refractivity contribution >= 4 is 34.5 Å². The standard InChI is InChI=1S/C24H26ClF3N6O/c1-32(23(35)16-8-10-29-11-9-16)22(24(26,27)28)15-4-6-17(7-5-15)33-12-2-3-18-19(33)14-30-21-13-20(25)31-34(18)21/h4-7,13-14,16,22,29H,2-3,8-12H2,1H3/t22-/m0/s1. The number of rotatable bonds is 4. The van der Waals surface area contributed by atoms with Crippen molar-refractivity contribution < 1.29 is 18.0 Å². The van der Waals surface area contributed by atoms with Crippen molar-refractivity contribution in [3.8, 4) is 0 Å². The molecule has 2 aromatic heterocycles. The summed E-state index contributed by atoms with van der Waals surface area (Å²) in [5.74, 6) is -0.855. The topological polar surface area (TPSA) is 65.8 Å². The van der Waals surface area contributed by atoms with Crippen LogP contribution in [0.25, 0.3) is 5.65 Å². The maximum absolute atomic E-state index is 14.1. The fourth-order valence-electron chi connectivity index (χ4n) is 5.15. The number of nitrogens with one attached hydrogen (secondary N) is 1. The van der Waals surface area contributed by atoms with Crippen molar-refractivity contribution in [1.29, 1.82) is 0 Å². The van der Waals surface area contributed by atoms with E-state index >= 15 is 0 Å². The number of benzene rings is 1. The summed E-state index contributed by atoms with van der Waals surface area (Å²) in [6.45, 7) is 1.98. The highest BCUT2D eigenvalue weighted by atomic mass is 35.5. The van der Waals surface area contributed by atoms with Gasteiger partial charge in [0, 0.05) is 31.3 Å². The zero-order valence-corrected chi connectivity index (χ0v) is 20.0. The molecule has 0 spiro atoms. The second-order valence-corrected chi connectivity index (χ2v) is 9.48. The lowest BCUT2D eigenvalue weighted by Crippen LogP contribution is -2.45. The number of aromatic nitrogens is 3. The molecule has 1 saturated heterocycles. The van der Waals surface area contributed by atoms with Gasteiger partial charge in [-0.1, -0.05) is 23.7 Å². The third kappa shape index (κ3) is 4.56. The van der Waals surface area contributed by atoms with Gasteiger partial charge in [0.2, 0.25) is 5.91 Å². The van der Waals surface area contributed by atoms with Crippen molar-refractivity contribution in [2.45, 2.75) is 37.9 Å². The van der Waals surface area contributed by atoms with E-state index in [0.29, 0.717) is 43.3 Å². The van der Waals surface area contributed by atoms with Gasteiger partial charge >= 0.3 is 6.18 Å². The smallest absolute Gasteiger partial charge is 0.339 e. The molecule has 0 aliphatic carbocycles. The van der Waals surface area contributed by atoms with Crippen LogP contribution in [0.5, 0.6) is 0 Å². The van der Waals surface area contributed by atoms with E-state index < -0.39 is 24.0 Å². The van der Waals surface area contributed by atoms with Gasteiger partial charge in [-0.05, 0) is 56.5 Å². The van der Waals surface area contributed by atoms with Crippen LogP contribution in [-0.2, 0) is 11.2 Å². The van der Waals surface area contributed by atoms with Gasteiger partial charge in [0.15, 0.2) is 16.8 Å². The number of carbonyl (C=O) groups is 1. The fourth-order valence-corrected chi connectivity index (χ4v) is 5.32. The molecule has 2 aliphatic rings. The van der Waals surface area contributed by atoms with Gasteiger partial charge in [-0.15, -0.1) is 0 Å². The average molecular weight is 507 g/mol. The molecule has 1 aromatic carbocycles. The summed E-state index contributed by atoms with van der Waals surface area (Å²) in [4.78, 5) is 20.2. The zero-order chi connectivity index (χ0) is 24.7. The number of hydrogen-bond acceptors (Lipinski definition) is 5. The molecule has 1 fully saturated rings. The van der Waals surface area contributed by atoms with Crippen LogP contribution in [0.1, 0.15) is 36.6 Å². The van der Waals surface area contributed by atoms with Crippen molar-refractivity contribution in [2.75, 3.05) is 31.6 Å². The third-order valence-corrected chi connectivity index (χ3v) is 7.06. The van der Waals surface area contributed by atoms with Crippen LogP contribution >= 0.6 is 11.6 Å². The Morgan fingerprint density at radius 3 is 2.63 bits per heavy atom. The molecule has 1 atom stereocenters. The minimum absolute atomic E-state index is 0.0377. The van der Waals surface area contributed by atoms with Gasteiger partial charge < -0.3 is 15.1 Å². The monoisotopic (exact) mass is 506 g/mol. The summed E-state index contributed by atoms with van der Waals surface area (Å²) in [5.41, 5.74) is 3.25. The maximum Gasteiger partial charge on any atom is 0.413 e. The van der Waals surface area contributed by atoms with E-state index in [9.17, 15) is 18.0 Å². The SMILES string of the molecule is CN(C(=O)C1CCNCC1)[C@@H](c1ccc(N2CCCc3c2cnc2cc(Cl)nn32)cc1)C(F)(F)F. The summed E-state index contributed by atoms with van der Waals surface area (Å²) < 4.78 is 44.1. The second kappa shape index (κ2) is 9.31. The Morgan fingerprint density at radius 1 is 1.23 bits per heavy atom. The molecule has 0 unspecified atom stereocenters. The summed E-state index contributed by atoms with van der Waals surface area (Å²) in [5, 5.41) is 7.82. The first kappa shape index (κ1) is 23.9. The van der Waals surface area contributed by atoms with E-state index in [1.54, 1.807) is 28.9 Å². The highest BCUT2D eigenvalue weighted by Crippen LogP contribution is 2.40. The van der Waals surface area contributed by atoms with Crippen LogP contribution in [0.2, 0.25) is 5.15 Å². The fraction of sp³-hybridized carbons (Fsp3) is 0.458. The van der Waals surface area contributed by atoms with E-state index in [1.165, 1.54) is 19.2 Å². The number of alkyl halides is 3. The molecule has 5 rings (SSSR count). The number of aryl methyl sites for hydroxylation is 1. The Kier molecular flexibility index (Phi) is 6.35. The predicted molar refractivity (Wildman–Crippen MR) is 127 cm³/mol. The number of fused-ring (bicyclic) bond motifs is 3. The van der Waals surface area contributed by atoms with Crippen molar-refractivity contribution in [2.24, 2.45) is 5.92 Å². The van der Waals surface area contributed by atoms with Crippen molar-refractivity contribution in [3.63, 3.8) is 0 Å². The van der Waals surface area contributed by atoms with E-state index in [2.05, 4.69) is 15.4 Å². The highest BCUT2D eigenvalue weighted by Gasteiger charge is 2.46. The van der Waals surface area contributed by atoms with Crippen LogP contribution in [0, 0.1) is 5.92 Å². The molecule has 7 nitrogen and oxygen atoms in total. The van der Waals surface area contributed by atoms with Crippen LogP contribution in [0.3, 0.4) is 0 Å². The van der Waals surface area contributed by atoms with Crippen LogP contribution in [-0.4, -0.2) is 58.3 Å². The molecule has 0 bridgehead atoms. The number of carbonyl (C=O) groups excluding carboxylic acids is 1. The first-order valence-electron chi connectivity index (χ1n) is 11.7. The Hall–Kier alpha value is -2.85. The van der Waals surface area contributed by atoms with Crippen LogP contribution in [0.4, 0.5) is 24.5 Å². The summed E-state index contributed by atoms with van der Waals surface area (Å²) in [6.07, 6.45) is -0.108. The Balaban J connectivity index is 1.43. The van der Waals surface area contributed by atoms with Gasteiger partial charge in [-0.25, -0.2) is 9.50 Å². The normalized spacial score (nSPS) is 17.9. The van der Waals surface area contributed by atoms with E-state index in [-0.39, 0.29) is 5.56 Å². The van der Waals surface area contributed by atoms with Crippen LogP contribution in [0.15, 0.2) is 36.5 Å². The average Bonchev–Trinajstić information content (AvgIpc) is 3.24. The quantitative estimate of drug-likeness (QED) is 0.563. The van der Waals surface area contributed by atoms with Gasteiger partial charge in [-0.2, -0.15) is 18.3 Å².